The summed E-state index contributed by atoms with van der Waals surface area (Å²) in [7, 11) is 0. The smallest absolute Gasteiger partial charge is 0.337 e. The number of pyridine rings is 1. The average Bonchev–Trinajstić information content (AvgIpc) is 2.90. The number of aromatic carboxylic acids is 1. The Kier molecular flexibility index (Phi) is 4.04. The fourth-order valence-corrected chi connectivity index (χ4v) is 1.85. The molecule has 0 aromatic carbocycles. The highest BCUT2D eigenvalue weighted by molar-refractivity contribution is 7.09. The molecule has 7 nitrogen and oxygen atoms in total. The predicted molar refractivity (Wildman–Crippen MR) is 69.2 cm³/mol. The van der Waals surface area contributed by atoms with Gasteiger partial charge in [-0.1, -0.05) is 0 Å². The molecule has 0 aliphatic carbocycles. The van der Waals surface area contributed by atoms with Gasteiger partial charge >= 0.3 is 12.0 Å². The number of hydrogen-bond donors (Lipinski definition) is 3. The van der Waals surface area contributed by atoms with E-state index in [1.165, 1.54) is 29.8 Å². The highest BCUT2D eigenvalue weighted by atomic mass is 32.1. The standard InChI is InChI=1S/C11H10N4O3S/c16-10(17)7-3-8(5-12-4-7)15-11(18)14-6-9-13-1-2-19-9/h1-5H,6H2,(H,16,17)(H2,14,15,18). The summed E-state index contributed by atoms with van der Waals surface area (Å²) in [5, 5.41) is 16.5. The molecule has 0 bridgehead atoms. The Balaban J connectivity index is 1.91. The lowest BCUT2D eigenvalue weighted by Gasteiger charge is -2.06. The van der Waals surface area contributed by atoms with Gasteiger partial charge < -0.3 is 15.7 Å². The number of nitrogens with one attached hydrogen (secondary N) is 2. The van der Waals surface area contributed by atoms with E-state index in [4.69, 9.17) is 5.11 Å². The molecule has 2 rings (SSSR count). The number of rotatable bonds is 4. The number of carboxylic acid groups (broad SMARTS) is 1. The number of nitrogens with zero attached hydrogens (tertiary/aromatic N) is 2. The molecule has 2 heterocycles. The van der Waals surface area contributed by atoms with Crippen LogP contribution in [0.1, 0.15) is 15.4 Å². The van der Waals surface area contributed by atoms with Gasteiger partial charge in [-0.05, 0) is 6.07 Å². The molecule has 0 unspecified atom stereocenters. The van der Waals surface area contributed by atoms with Crippen molar-refractivity contribution in [2.45, 2.75) is 6.54 Å². The first-order chi connectivity index (χ1) is 9.15. The third-order valence-corrected chi connectivity index (χ3v) is 2.91. The minimum Gasteiger partial charge on any atom is -0.478 e. The largest absolute Gasteiger partial charge is 0.478 e. The Labute approximate surface area is 112 Å². The number of carboxylic acids is 1. The van der Waals surface area contributed by atoms with Crippen molar-refractivity contribution in [3.05, 3.63) is 40.6 Å². The maximum atomic E-state index is 11.6. The number of aromatic nitrogens is 2. The normalized spacial score (nSPS) is 9.89. The van der Waals surface area contributed by atoms with Crippen LogP contribution in [0.2, 0.25) is 0 Å². The lowest BCUT2D eigenvalue weighted by Crippen LogP contribution is -2.28. The van der Waals surface area contributed by atoms with Crippen LogP contribution >= 0.6 is 11.3 Å². The van der Waals surface area contributed by atoms with Crippen LogP contribution < -0.4 is 10.6 Å². The zero-order valence-corrected chi connectivity index (χ0v) is 10.5. The molecule has 3 N–H and O–H groups in total. The van der Waals surface area contributed by atoms with E-state index in [1.54, 1.807) is 6.20 Å². The lowest BCUT2D eigenvalue weighted by atomic mass is 10.3. The number of thiazole rings is 1. The number of carbonyl (C=O) groups excluding carboxylic acids is 1. The molecule has 2 aromatic rings. The zero-order valence-electron chi connectivity index (χ0n) is 9.66. The number of anilines is 1. The first-order valence-corrected chi connectivity index (χ1v) is 6.14. The Morgan fingerprint density at radius 2 is 2.21 bits per heavy atom. The van der Waals surface area contributed by atoms with Crippen LogP contribution in [0.15, 0.2) is 30.0 Å². The minimum absolute atomic E-state index is 0.0118. The molecule has 0 radical (unpaired) electrons. The molecule has 0 aliphatic heterocycles. The molecule has 0 saturated carbocycles. The van der Waals surface area contributed by atoms with E-state index in [0.29, 0.717) is 12.2 Å². The molecule has 0 saturated heterocycles. The van der Waals surface area contributed by atoms with E-state index in [2.05, 4.69) is 20.6 Å². The molecule has 0 fully saturated rings. The van der Waals surface area contributed by atoms with Crippen LogP contribution in [0.5, 0.6) is 0 Å². The number of amides is 2. The number of urea groups is 1. The van der Waals surface area contributed by atoms with Gasteiger partial charge in [0.1, 0.15) is 5.01 Å². The molecule has 0 aliphatic rings. The second-order valence-corrected chi connectivity index (χ2v) is 4.48. The van der Waals surface area contributed by atoms with E-state index in [9.17, 15) is 9.59 Å². The summed E-state index contributed by atoms with van der Waals surface area (Å²) >= 11 is 1.43. The van der Waals surface area contributed by atoms with Crippen molar-refractivity contribution in [2.75, 3.05) is 5.32 Å². The summed E-state index contributed by atoms with van der Waals surface area (Å²) in [6, 6.07) is 0.887. The highest BCUT2D eigenvalue weighted by Gasteiger charge is 2.07. The second-order valence-electron chi connectivity index (χ2n) is 3.50. The van der Waals surface area contributed by atoms with Gasteiger partial charge in [-0.25, -0.2) is 14.6 Å². The van der Waals surface area contributed by atoms with Crippen LogP contribution in [-0.2, 0) is 6.54 Å². The highest BCUT2D eigenvalue weighted by Crippen LogP contribution is 2.08. The second kappa shape index (κ2) is 5.91. The number of hydrogen-bond acceptors (Lipinski definition) is 5. The average molecular weight is 278 g/mol. The summed E-state index contributed by atoms with van der Waals surface area (Å²) in [6.07, 6.45) is 4.23. The zero-order chi connectivity index (χ0) is 13.7. The van der Waals surface area contributed by atoms with Crippen LogP contribution in [0.3, 0.4) is 0 Å². The predicted octanol–water partition coefficient (Wildman–Crippen LogP) is 1.56. The van der Waals surface area contributed by atoms with Crippen molar-refractivity contribution in [1.82, 2.24) is 15.3 Å². The first-order valence-electron chi connectivity index (χ1n) is 5.27. The van der Waals surface area contributed by atoms with Crippen molar-refractivity contribution < 1.29 is 14.7 Å². The first kappa shape index (κ1) is 13.0. The van der Waals surface area contributed by atoms with E-state index in [-0.39, 0.29) is 5.56 Å². The lowest BCUT2D eigenvalue weighted by molar-refractivity contribution is 0.0696. The molecule has 19 heavy (non-hydrogen) atoms. The van der Waals surface area contributed by atoms with Gasteiger partial charge in [-0.15, -0.1) is 11.3 Å². The van der Waals surface area contributed by atoms with Gasteiger partial charge in [-0.3, -0.25) is 4.98 Å². The maximum absolute atomic E-state index is 11.6. The Bertz CT molecular complexity index is 585. The summed E-state index contributed by atoms with van der Waals surface area (Å²) < 4.78 is 0. The van der Waals surface area contributed by atoms with E-state index >= 15 is 0 Å². The fourth-order valence-electron chi connectivity index (χ4n) is 1.30. The molecule has 8 heteroatoms. The molecular weight excluding hydrogens is 268 g/mol. The van der Waals surface area contributed by atoms with E-state index < -0.39 is 12.0 Å². The molecule has 98 valence electrons. The summed E-state index contributed by atoms with van der Waals surface area (Å²) in [4.78, 5) is 30.1. The topological polar surface area (TPSA) is 104 Å². The molecule has 0 spiro atoms. The van der Waals surface area contributed by atoms with Gasteiger partial charge in [-0.2, -0.15) is 0 Å². The van der Waals surface area contributed by atoms with Gasteiger partial charge in [0.05, 0.1) is 24.0 Å². The maximum Gasteiger partial charge on any atom is 0.337 e. The Hall–Kier alpha value is -2.48. The monoisotopic (exact) mass is 278 g/mol. The third kappa shape index (κ3) is 3.75. The van der Waals surface area contributed by atoms with Crippen LogP contribution in [0.4, 0.5) is 10.5 Å². The van der Waals surface area contributed by atoms with Gasteiger partial charge in [0, 0.05) is 17.8 Å². The number of carbonyl (C=O) groups is 2. The molecule has 2 amide bonds. The van der Waals surface area contributed by atoms with Gasteiger partial charge in [0.2, 0.25) is 0 Å². The van der Waals surface area contributed by atoms with Crippen molar-refractivity contribution in [2.24, 2.45) is 0 Å². The summed E-state index contributed by atoms with van der Waals surface area (Å²) in [5.41, 5.74) is 0.328. The SMILES string of the molecule is O=C(NCc1nccs1)Nc1cncc(C(=O)O)c1. The van der Waals surface area contributed by atoms with Crippen LogP contribution in [-0.4, -0.2) is 27.1 Å². The Morgan fingerprint density at radius 3 is 2.89 bits per heavy atom. The minimum atomic E-state index is -1.10. The van der Waals surface area contributed by atoms with Gasteiger partial charge in [0.15, 0.2) is 0 Å². The van der Waals surface area contributed by atoms with Crippen LogP contribution in [0, 0.1) is 0 Å². The van der Waals surface area contributed by atoms with Crippen molar-refractivity contribution in [1.29, 1.82) is 0 Å². The van der Waals surface area contributed by atoms with Gasteiger partial charge in [0.25, 0.3) is 0 Å². The van der Waals surface area contributed by atoms with Crippen molar-refractivity contribution in [3.8, 4) is 0 Å². The molecular formula is C11H10N4O3S. The summed E-state index contributed by atoms with van der Waals surface area (Å²) in [6.45, 7) is 0.315. The van der Waals surface area contributed by atoms with Crippen molar-refractivity contribution in [3.63, 3.8) is 0 Å². The molecule has 0 atom stereocenters. The fraction of sp³-hybridized carbons (Fsp3) is 0.0909. The molecule has 2 aromatic heterocycles. The van der Waals surface area contributed by atoms with Crippen LogP contribution in [0.25, 0.3) is 0 Å². The quantitative estimate of drug-likeness (QED) is 0.787. The van der Waals surface area contributed by atoms with Crippen molar-refractivity contribution >= 4 is 29.0 Å². The summed E-state index contributed by atoms with van der Waals surface area (Å²) in [5.74, 6) is -1.10. The van der Waals surface area contributed by atoms with E-state index in [0.717, 1.165) is 5.01 Å². The Morgan fingerprint density at radius 1 is 1.37 bits per heavy atom. The third-order valence-electron chi connectivity index (χ3n) is 2.13. The van der Waals surface area contributed by atoms with E-state index in [1.807, 2.05) is 5.38 Å².